The molecule has 0 spiro atoms. The van der Waals surface area contributed by atoms with Crippen LogP contribution in [0.2, 0.25) is 0 Å². The third kappa shape index (κ3) is 3.75. The van der Waals surface area contributed by atoms with E-state index < -0.39 is 17.5 Å². The fourth-order valence-electron chi connectivity index (χ4n) is 2.40. The highest BCUT2D eigenvalue weighted by Gasteiger charge is 2.27. The molecule has 1 aromatic rings. The van der Waals surface area contributed by atoms with Crippen molar-refractivity contribution in [3.63, 3.8) is 0 Å². The molecule has 1 fully saturated rings. The summed E-state index contributed by atoms with van der Waals surface area (Å²) in [6.45, 7) is 0.150. The maximum Gasteiger partial charge on any atom is 0.251 e. The minimum Gasteiger partial charge on any atom is -0.394 e. The minimum absolute atomic E-state index is 0.116. The molecular weight excluding hydrogens is 282 g/mol. The maximum atomic E-state index is 13.0. The molecule has 0 saturated carbocycles. The zero-order valence-corrected chi connectivity index (χ0v) is 11.3. The second-order valence-corrected chi connectivity index (χ2v) is 4.91. The second kappa shape index (κ2) is 6.62. The largest absolute Gasteiger partial charge is 0.394 e. The Morgan fingerprint density at radius 2 is 1.95 bits per heavy atom. The number of nitrogens with one attached hydrogen (secondary N) is 1. The lowest BCUT2D eigenvalue weighted by Crippen LogP contribution is -2.43. The van der Waals surface area contributed by atoms with Crippen LogP contribution in [0, 0.1) is 11.6 Å². The van der Waals surface area contributed by atoms with E-state index in [9.17, 15) is 18.4 Å². The summed E-state index contributed by atoms with van der Waals surface area (Å²) in [7, 11) is 0. The number of carbonyl (C=O) groups excluding carboxylic acids is 2. The molecule has 1 unspecified atom stereocenters. The molecule has 2 amide bonds. The van der Waals surface area contributed by atoms with Gasteiger partial charge in [-0.2, -0.15) is 0 Å². The monoisotopic (exact) mass is 298 g/mol. The normalized spacial score (nSPS) is 17.9. The van der Waals surface area contributed by atoms with E-state index in [0.717, 1.165) is 25.0 Å². The summed E-state index contributed by atoms with van der Waals surface area (Å²) in [5.41, 5.74) is -0.180. The molecule has 0 aliphatic carbocycles. The first-order valence-corrected chi connectivity index (χ1v) is 6.66. The number of rotatable bonds is 4. The Morgan fingerprint density at radius 1 is 1.29 bits per heavy atom. The third-order valence-electron chi connectivity index (χ3n) is 3.43. The molecule has 0 bridgehead atoms. The van der Waals surface area contributed by atoms with Crippen LogP contribution in [0.5, 0.6) is 0 Å². The number of nitrogens with zero attached hydrogens (tertiary/aromatic N) is 1. The van der Waals surface area contributed by atoms with E-state index in [4.69, 9.17) is 5.11 Å². The summed E-state index contributed by atoms with van der Waals surface area (Å²) in [5.74, 6) is -2.75. The van der Waals surface area contributed by atoms with Crippen molar-refractivity contribution in [2.75, 3.05) is 19.7 Å². The Bertz CT molecular complexity index is 531. The Kier molecular flexibility index (Phi) is 4.85. The van der Waals surface area contributed by atoms with Crippen molar-refractivity contribution < 1.29 is 23.5 Å². The fourth-order valence-corrected chi connectivity index (χ4v) is 2.40. The first-order valence-electron chi connectivity index (χ1n) is 6.66. The third-order valence-corrected chi connectivity index (χ3v) is 3.43. The smallest absolute Gasteiger partial charge is 0.251 e. The molecule has 2 N–H and O–H groups in total. The van der Waals surface area contributed by atoms with Crippen molar-refractivity contribution in [2.24, 2.45) is 0 Å². The van der Waals surface area contributed by atoms with Crippen LogP contribution < -0.4 is 5.32 Å². The molecule has 1 atom stereocenters. The van der Waals surface area contributed by atoms with Crippen LogP contribution >= 0.6 is 0 Å². The van der Waals surface area contributed by atoms with Crippen molar-refractivity contribution in [3.8, 4) is 0 Å². The zero-order chi connectivity index (χ0) is 15.4. The Morgan fingerprint density at radius 3 is 2.57 bits per heavy atom. The van der Waals surface area contributed by atoms with Crippen molar-refractivity contribution >= 4 is 11.8 Å². The van der Waals surface area contributed by atoms with Gasteiger partial charge < -0.3 is 15.3 Å². The van der Waals surface area contributed by atoms with Gasteiger partial charge in [0, 0.05) is 18.2 Å². The van der Waals surface area contributed by atoms with Gasteiger partial charge in [0.25, 0.3) is 5.91 Å². The highest BCUT2D eigenvalue weighted by Crippen LogP contribution is 2.16. The van der Waals surface area contributed by atoms with Gasteiger partial charge in [0.05, 0.1) is 19.2 Å². The van der Waals surface area contributed by atoms with Gasteiger partial charge in [-0.1, -0.05) is 0 Å². The van der Waals surface area contributed by atoms with Crippen LogP contribution in [-0.2, 0) is 4.79 Å². The van der Waals surface area contributed by atoms with E-state index in [-0.39, 0.29) is 30.7 Å². The summed E-state index contributed by atoms with van der Waals surface area (Å²) in [5, 5.41) is 11.5. The molecule has 0 radical (unpaired) electrons. The van der Waals surface area contributed by atoms with Crippen LogP contribution in [-0.4, -0.2) is 47.6 Å². The lowest BCUT2D eigenvalue weighted by Gasteiger charge is -2.23. The van der Waals surface area contributed by atoms with E-state index in [0.29, 0.717) is 12.6 Å². The lowest BCUT2D eigenvalue weighted by atomic mass is 10.2. The van der Waals surface area contributed by atoms with Crippen molar-refractivity contribution in [1.82, 2.24) is 10.2 Å². The molecule has 1 saturated heterocycles. The molecular formula is C14H16F2N2O3. The summed E-state index contributed by atoms with van der Waals surface area (Å²) in [4.78, 5) is 25.2. The van der Waals surface area contributed by atoms with Gasteiger partial charge in [0.1, 0.15) is 11.6 Å². The van der Waals surface area contributed by atoms with Gasteiger partial charge in [0.15, 0.2) is 0 Å². The highest BCUT2D eigenvalue weighted by molar-refractivity contribution is 5.96. The molecule has 5 nitrogen and oxygen atoms in total. The summed E-state index contributed by atoms with van der Waals surface area (Å²) >= 11 is 0. The van der Waals surface area contributed by atoms with Gasteiger partial charge in [0.2, 0.25) is 5.91 Å². The molecule has 21 heavy (non-hydrogen) atoms. The van der Waals surface area contributed by atoms with Crippen LogP contribution in [0.3, 0.4) is 0 Å². The molecule has 0 aromatic heterocycles. The fraction of sp³-hybridized carbons (Fsp3) is 0.429. The number of likely N-dealkylation sites (tertiary alicyclic amines) is 1. The number of halogens is 2. The standard InChI is InChI=1S/C14H16F2N2O3/c15-10-4-9(5-11(16)6-10)14(21)17-7-13(20)18-3-1-2-12(18)8-19/h4-6,12,19H,1-3,7-8H2,(H,17,21). The van der Waals surface area contributed by atoms with Crippen LogP contribution in [0.4, 0.5) is 8.78 Å². The molecule has 1 aliphatic heterocycles. The topological polar surface area (TPSA) is 69.6 Å². The number of hydrogen-bond donors (Lipinski definition) is 2. The lowest BCUT2D eigenvalue weighted by molar-refractivity contribution is -0.131. The number of aliphatic hydroxyl groups excluding tert-OH is 1. The Hall–Kier alpha value is -2.02. The Labute approximate surface area is 120 Å². The first kappa shape index (κ1) is 15.4. The molecule has 1 heterocycles. The number of amides is 2. The highest BCUT2D eigenvalue weighted by atomic mass is 19.1. The van der Waals surface area contributed by atoms with Gasteiger partial charge in [-0.05, 0) is 25.0 Å². The van der Waals surface area contributed by atoms with Gasteiger partial charge in [-0.3, -0.25) is 9.59 Å². The summed E-state index contributed by atoms with van der Waals surface area (Å²) < 4.78 is 26.0. The SMILES string of the molecule is O=C(NCC(=O)N1CCCC1CO)c1cc(F)cc(F)c1. The summed E-state index contributed by atoms with van der Waals surface area (Å²) in [6, 6.07) is 2.24. The molecule has 7 heteroatoms. The van der Waals surface area contributed by atoms with Gasteiger partial charge in [-0.15, -0.1) is 0 Å². The van der Waals surface area contributed by atoms with Crippen molar-refractivity contribution in [1.29, 1.82) is 0 Å². The van der Waals surface area contributed by atoms with E-state index in [1.807, 2.05) is 0 Å². The number of hydrogen-bond acceptors (Lipinski definition) is 3. The van der Waals surface area contributed by atoms with E-state index in [2.05, 4.69) is 5.32 Å². The van der Waals surface area contributed by atoms with Crippen LogP contribution in [0.25, 0.3) is 0 Å². The number of benzene rings is 1. The summed E-state index contributed by atoms with van der Waals surface area (Å²) in [6.07, 6.45) is 1.53. The molecule has 1 aliphatic rings. The van der Waals surface area contributed by atoms with E-state index in [1.165, 1.54) is 4.90 Å². The Balaban J connectivity index is 1.93. The zero-order valence-electron chi connectivity index (χ0n) is 11.3. The molecule has 2 rings (SSSR count). The average Bonchev–Trinajstić information content (AvgIpc) is 2.91. The quantitative estimate of drug-likeness (QED) is 0.859. The predicted molar refractivity (Wildman–Crippen MR) is 70.5 cm³/mol. The average molecular weight is 298 g/mol. The maximum absolute atomic E-state index is 13.0. The van der Waals surface area contributed by atoms with Gasteiger partial charge in [-0.25, -0.2) is 8.78 Å². The molecule has 1 aromatic carbocycles. The van der Waals surface area contributed by atoms with E-state index >= 15 is 0 Å². The first-order chi connectivity index (χ1) is 10.0. The molecule has 114 valence electrons. The van der Waals surface area contributed by atoms with Crippen LogP contribution in [0.1, 0.15) is 23.2 Å². The van der Waals surface area contributed by atoms with Crippen molar-refractivity contribution in [3.05, 3.63) is 35.4 Å². The van der Waals surface area contributed by atoms with Crippen LogP contribution in [0.15, 0.2) is 18.2 Å². The predicted octanol–water partition coefficient (Wildman–Crippen LogP) is 0.678. The van der Waals surface area contributed by atoms with E-state index in [1.54, 1.807) is 0 Å². The number of carbonyl (C=O) groups is 2. The second-order valence-electron chi connectivity index (χ2n) is 4.91. The minimum atomic E-state index is -0.855. The van der Waals surface area contributed by atoms with Gasteiger partial charge >= 0.3 is 0 Å². The number of aliphatic hydroxyl groups is 1. The van der Waals surface area contributed by atoms with Crippen molar-refractivity contribution in [2.45, 2.75) is 18.9 Å².